The van der Waals surface area contributed by atoms with Crippen LogP contribution in [0.5, 0.6) is 0 Å². The first-order valence-corrected chi connectivity index (χ1v) is 6.83. The Morgan fingerprint density at radius 3 is 2.95 bits per heavy atom. The molecule has 1 aliphatic rings. The highest BCUT2D eigenvalue weighted by atomic mass is 19.1. The number of halogens is 1. The number of ether oxygens (including phenoxy) is 1. The molecule has 0 spiro atoms. The quantitative estimate of drug-likeness (QED) is 0.909. The Morgan fingerprint density at radius 1 is 1.53 bits per heavy atom. The number of nitrogens with two attached hydrogens (primary N) is 1. The highest BCUT2D eigenvalue weighted by Crippen LogP contribution is 2.30. The normalized spacial score (nSPS) is 26.3. The Kier molecular flexibility index (Phi) is 4.55. The van der Waals surface area contributed by atoms with Gasteiger partial charge in [0, 0.05) is 26.2 Å². The van der Waals surface area contributed by atoms with Gasteiger partial charge in [-0.2, -0.15) is 0 Å². The summed E-state index contributed by atoms with van der Waals surface area (Å²) < 4.78 is 19.0. The van der Waals surface area contributed by atoms with Gasteiger partial charge in [0.25, 0.3) is 0 Å². The average Bonchev–Trinajstić information content (AvgIpc) is 2.40. The molecular formula is C15H23FN2O. The molecule has 0 aromatic heterocycles. The highest BCUT2D eigenvalue weighted by Gasteiger charge is 2.34. The van der Waals surface area contributed by atoms with E-state index in [0.29, 0.717) is 6.54 Å². The summed E-state index contributed by atoms with van der Waals surface area (Å²) in [5.41, 5.74) is 6.73. The van der Waals surface area contributed by atoms with E-state index in [1.807, 2.05) is 6.07 Å². The Labute approximate surface area is 114 Å². The lowest BCUT2D eigenvalue weighted by Gasteiger charge is -2.43. The van der Waals surface area contributed by atoms with E-state index in [2.05, 4.69) is 11.8 Å². The van der Waals surface area contributed by atoms with Crippen LogP contribution in [0, 0.1) is 5.82 Å². The number of likely N-dealkylation sites (tertiary alicyclic amines) is 1. The first-order chi connectivity index (χ1) is 9.08. The summed E-state index contributed by atoms with van der Waals surface area (Å²) in [4.78, 5) is 2.31. The number of piperidine rings is 1. The summed E-state index contributed by atoms with van der Waals surface area (Å²) in [5, 5.41) is 0. The molecule has 2 rings (SSSR count). The molecule has 2 unspecified atom stereocenters. The molecule has 2 N–H and O–H groups in total. The van der Waals surface area contributed by atoms with E-state index >= 15 is 0 Å². The molecule has 2 atom stereocenters. The zero-order chi connectivity index (χ0) is 13.9. The average molecular weight is 266 g/mol. The summed E-state index contributed by atoms with van der Waals surface area (Å²) in [6.45, 7) is 4.43. The van der Waals surface area contributed by atoms with Crippen molar-refractivity contribution in [2.75, 3.05) is 26.7 Å². The molecule has 106 valence electrons. The molecule has 4 heteroatoms. The van der Waals surface area contributed by atoms with Gasteiger partial charge >= 0.3 is 0 Å². The second-order valence-electron chi connectivity index (χ2n) is 5.53. The van der Waals surface area contributed by atoms with Crippen molar-refractivity contribution in [1.82, 2.24) is 4.90 Å². The third-order valence-electron chi connectivity index (χ3n) is 4.08. The number of rotatable bonds is 4. The van der Waals surface area contributed by atoms with E-state index in [0.717, 1.165) is 31.5 Å². The minimum Gasteiger partial charge on any atom is -0.377 e. The van der Waals surface area contributed by atoms with Crippen molar-refractivity contribution in [1.29, 1.82) is 0 Å². The maximum atomic E-state index is 13.4. The van der Waals surface area contributed by atoms with Gasteiger partial charge in [-0.15, -0.1) is 0 Å². The molecule has 1 heterocycles. The van der Waals surface area contributed by atoms with E-state index in [4.69, 9.17) is 10.5 Å². The summed E-state index contributed by atoms with van der Waals surface area (Å²) in [5.74, 6) is -0.206. The van der Waals surface area contributed by atoms with E-state index in [1.165, 1.54) is 6.07 Å². The predicted octanol–water partition coefficient (Wildman–Crippen LogP) is 2.33. The zero-order valence-electron chi connectivity index (χ0n) is 11.7. The minimum absolute atomic E-state index is 0.0606. The second kappa shape index (κ2) is 5.99. The van der Waals surface area contributed by atoms with Crippen LogP contribution in [0.3, 0.4) is 0 Å². The van der Waals surface area contributed by atoms with Crippen molar-refractivity contribution in [3.8, 4) is 0 Å². The first kappa shape index (κ1) is 14.4. The van der Waals surface area contributed by atoms with Crippen LogP contribution < -0.4 is 5.73 Å². The maximum absolute atomic E-state index is 13.4. The fourth-order valence-corrected chi connectivity index (χ4v) is 2.89. The smallest absolute Gasteiger partial charge is 0.123 e. The molecule has 1 saturated heterocycles. The standard InChI is InChI=1S/C15H23FN2O/c1-15(19-2)7-4-8-18(11-15)14(10-17)12-5-3-6-13(16)9-12/h3,5-6,9,14H,4,7-8,10-11,17H2,1-2H3. The van der Waals surface area contributed by atoms with Gasteiger partial charge in [-0.05, 0) is 44.0 Å². The van der Waals surface area contributed by atoms with Crippen LogP contribution in [0.4, 0.5) is 4.39 Å². The van der Waals surface area contributed by atoms with Gasteiger partial charge in [-0.1, -0.05) is 12.1 Å². The predicted molar refractivity (Wildman–Crippen MR) is 74.4 cm³/mol. The summed E-state index contributed by atoms with van der Waals surface area (Å²) in [6.07, 6.45) is 2.14. The van der Waals surface area contributed by atoms with Crippen LogP contribution in [0.1, 0.15) is 31.4 Å². The molecular weight excluding hydrogens is 243 g/mol. The van der Waals surface area contributed by atoms with Crippen molar-refractivity contribution in [2.24, 2.45) is 5.73 Å². The number of nitrogens with zero attached hydrogens (tertiary/aromatic N) is 1. The summed E-state index contributed by atoms with van der Waals surface area (Å²) >= 11 is 0. The lowest BCUT2D eigenvalue weighted by Crippen LogP contribution is -2.49. The highest BCUT2D eigenvalue weighted by molar-refractivity contribution is 5.21. The van der Waals surface area contributed by atoms with Gasteiger partial charge in [0.15, 0.2) is 0 Å². The van der Waals surface area contributed by atoms with Crippen LogP contribution in [-0.4, -0.2) is 37.2 Å². The molecule has 1 fully saturated rings. The van der Waals surface area contributed by atoms with Gasteiger partial charge in [0.1, 0.15) is 5.82 Å². The Bertz CT molecular complexity index is 426. The fourth-order valence-electron chi connectivity index (χ4n) is 2.89. The van der Waals surface area contributed by atoms with Gasteiger partial charge in [0.2, 0.25) is 0 Å². The maximum Gasteiger partial charge on any atom is 0.123 e. The van der Waals surface area contributed by atoms with Crippen LogP contribution in [-0.2, 0) is 4.74 Å². The van der Waals surface area contributed by atoms with E-state index in [-0.39, 0.29) is 17.5 Å². The van der Waals surface area contributed by atoms with Crippen molar-refractivity contribution >= 4 is 0 Å². The lowest BCUT2D eigenvalue weighted by molar-refractivity contribution is -0.0608. The third-order valence-corrected chi connectivity index (χ3v) is 4.08. The van der Waals surface area contributed by atoms with Gasteiger partial charge in [-0.25, -0.2) is 4.39 Å². The molecule has 1 aliphatic heterocycles. The molecule has 1 aromatic carbocycles. The minimum atomic E-state index is -0.206. The number of benzene rings is 1. The molecule has 0 aliphatic carbocycles. The molecule has 0 amide bonds. The largest absolute Gasteiger partial charge is 0.377 e. The number of hydrogen-bond acceptors (Lipinski definition) is 3. The fraction of sp³-hybridized carbons (Fsp3) is 0.600. The summed E-state index contributed by atoms with van der Waals surface area (Å²) in [6, 6.07) is 6.79. The number of hydrogen-bond donors (Lipinski definition) is 1. The van der Waals surface area contributed by atoms with Gasteiger partial charge < -0.3 is 10.5 Å². The van der Waals surface area contributed by atoms with Crippen LogP contribution in [0.2, 0.25) is 0 Å². The van der Waals surface area contributed by atoms with Crippen molar-refractivity contribution < 1.29 is 9.13 Å². The SMILES string of the molecule is COC1(C)CCCN(C(CN)c2cccc(F)c2)C1. The summed E-state index contributed by atoms with van der Waals surface area (Å²) in [7, 11) is 1.75. The molecule has 0 radical (unpaired) electrons. The number of methoxy groups -OCH3 is 1. The van der Waals surface area contributed by atoms with Gasteiger partial charge in [0.05, 0.1) is 5.60 Å². The molecule has 1 aromatic rings. The second-order valence-corrected chi connectivity index (χ2v) is 5.53. The van der Waals surface area contributed by atoms with E-state index < -0.39 is 0 Å². The van der Waals surface area contributed by atoms with Crippen molar-refractivity contribution in [2.45, 2.75) is 31.4 Å². The topological polar surface area (TPSA) is 38.5 Å². The van der Waals surface area contributed by atoms with Crippen LogP contribution in [0.25, 0.3) is 0 Å². The Balaban J connectivity index is 2.17. The lowest BCUT2D eigenvalue weighted by atomic mass is 9.92. The molecule has 19 heavy (non-hydrogen) atoms. The molecule has 0 saturated carbocycles. The monoisotopic (exact) mass is 266 g/mol. The Morgan fingerprint density at radius 2 is 2.32 bits per heavy atom. The first-order valence-electron chi connectivity index (χ1n) is 6.83. The Hall–Kier alpha value is -0.970. The van der Waals surface area contributed by atoms with Crippen LogP contribution in [0.15, 0.2) is 24.3 Å². The van der Waals surface area contributed by atoms with Crippen molar-refractivity contribution in [3.05, 3.63) is 35.6 Å². The van der Waals surface area contributed by atoms with Crippen molar-refractivity contribution in [3.63, 3.8) is 0 Å². The molecule has 3 nitrogen and oxygen atoms in total. The zero-order valence-corrected chi connectivity index (χ0v) is 11.7. The van der Waals surface area contributed by atoms with Gasteiger partial charge in [-0.3, -0.25) is 4.90 Å². The third kappa shape index (κ3) is 3.32. The van der Waals surface area contributed by atoms with E-state index in [1.54, 1.807) is 19.2 Å². The van der Waals surface area contributed by atoms with Crippen LogP contribution >= 0.6 is 0 Å². The van der Waals surface area contributed by atoms with E-state index in [9.17, 15) is 4.39 Å². The molecule has 0 bridgehead atoms.